The SMILES string of the molecule is CSCCC(NC(=O)C(C)NC(=O)C(N)CC(C)C)C(=O)NC(CS)C(=O)O. The monoisotopic (exact) mass is 436 g/mol. The molecule has 0 aliphatic rings. The molecule has 0 saturated heterocycles. The summed E-state index contributed by atoms with van der Waals surface area (Å²) in [7, 11) is 0. The Hall–Kier alpha value is -1.46. The number of nitrogens with one attached hydrogen (secondary N) is 3. The number of carbonyl (C=O) groups excluding carboxylic acids is 3. The van der Waals surface area contributed by atoms with Crippen LogP contribution in [-0.4, -0.2) is 70.7 Å². The summed E-state index contributed by atoms with van der Waals surface area (Å²) in [5.74, 6) is -2.08. The van der Waals surface area contributed by atoms with E-state index in [0.717, 1.165) is 0 Å². The minimum atomic E-state index is -1.21. The van der Waals surface area contributed by atoms with Gasteiger partial charge in [0.25, 0.3) is 0 Å². The zero-order chi connectivity index (χ0) is 21.9. The molecule has 0 saturated carbocycles. The van der Waals surface area contributed by atoms with Crippen molar-refractivity contribution in [3.8, 4) is 0 Å². The van der Waals surface area contributed by atoms with Crippen molar-refractivity contribution in [3.05, 3.63) is 0 Å². The second-order valence-electron chi connectivity index (χ2n) is 6.89. The lowest BCUT2D eigenvalue weighted by atomic mass is 10.0. The van der Waals surface area contributed by atoms with Crippen LogP contribution in [0.25, 0.3) is 0 Å². The summed E-state index contributed by atoms with van der Waals surface area (Å²) >= 11 is 5.39. The van der Waals surface area contributed by atoms with Crippen molar-refractivity contribution in [2.24, 2.45) is 11.7 Å². The molecule has 4 unspecified atom stereocenters. The van der Waals surface area contributed by atoms with Gasteiger partial charge in [-0.2, -0.15) is 24.4 Å². The highest BCUT2D eigenvalue weighted by atomic mass is 32.2. The maximum absolute atomic E-state index is 12.4. The Kier molecular flexibility index (Phi) is 13.0. The fourth-order valence-electron chi connectivity index (χ4n) is 2.26. The van der Waals surface area contributed by atoms with Crippen LogP contribution in [0.2, 0.25) is 0 Å². The first-order valence-corrected chi connectivity index (χ1v) is 11.0. The van der Waals surface area contributed by atoms with E-state index in [1.54, 1.807) is 0 Å². The van der Waals surface area contributed by atoms with Crippen LogP contribution < -0.4 is 21.7 Å². The Bertz CT molecular complexity index is 548. The molecule has 0 fully saturated rings. The van der Waals surface area contributed by atoms with Gasteiger partial charge in [-0.25, -0.2) is 4.79 Å². The minimum Gasteiger partial charge on any atom is -0.480 e. The molecule has 11 heteroatoms. The number of thiol groups is 1. The van der Waals surface area contributed by atoms with Crippen LogP contribution in [0.15, 0.2) is 0 Å². The molecule has 0 spiro atoms. The second kappa shape index (κ2) is 13.7. The van der Waals surface area contributed by atoms with Crippen LogP contribution in [0, 0.1) is 5.92 Å². The smallest absolute Gasteiger partial charge is 0.327 e. The summed E-state index contributed by atoms with van der Waals surface area (Å²) in [6.45, 7) is 5.37. The van der Waals surface area contributed by atoms with E-state index in [1.165, 1.54) is 18.7 Å². The van der Waals surface area contributed by atoms with E-state index in [1.807, 2.05) is 20.1 Å². The molecular formula is C17H32N4O5S2. The molecule has 3 amide bonds. The number of aliphatic carboxylic acids is 1. The zero-order valence-corrected chi connectivity index (χ0v) is 18.4. The lowest BCUT2D eigenvalue weighted by Gasteiger charge is -2.23. The number of thioether (sulfide) groups is 1. The molecule has 0 aliphatic heterocycles. The summed E-state index contributed by atoms with van der Waals surface area (Å²) in [4.78, 5) is 48.0. The van der Waals surface area contributed by atoms with Gasteiger partial charge in [0, 0.05) is 5.75 Å². The third kappa shape index (κ3) is 10.2. The first kappa shape index (κ1) is 26.5. The van der Waals surface area contributed by atoms with Gasteiger partial charge in [-0.05, 0) is 37.7 Å². The van der Waals surface area contributed by atoms with Crippen LogP contribution in [0.4, 0.5) is 0 Å². The van der Waals surface area contributed by atoms with Crippen LogP contribution in [0.5, 0.6) is 0 Å². The average Bonchev–Trinajstić information content (AvgIpc) is 2.61. The molecule has 9 nitrogen and oxygen atoms in total. The first-order valence-electron chi connectivity index (χ1n) is 9.02. The van der Waals surface area contributed by atoms with Gasteiger partial charge in [0.15, 0.2) is 0 Å². The number of nitrogens with two attached hydrogens (primary N) is 1. The highest BCUT2D eigenvalue weighted by Gasteiger charge is 2.28. The summed E-state index contributed by atoms with van der Waals surface area (Å²) in [6, 6.07) is -3.70. The first-order chi connectivity index (χ1) is 13.0. The summed E-state index contributed by atoms with van der Waals surface area (Å²) in [6.07, 6.45) is 2.65. The molecule has 162 valence electrons. The molecule has 0 rings (SSSR count). The van der Waals surface area contributed by atoms with E-state index in [0.29, 0.717) is 18.6 Å². The van der Waals surface area contributed by atoms with E-state index in [9.17, 15) is 19.2 Å². The largest absolute Gasteiger partial charge is 0.480 e. The van der Waals surface area contributed by atoms with E-state index in [2.05, 4.69) is 28.6 Å². The molecule has 0 aliphatic carbocycles. The number of carboxylic acid groups (broad SMARTS) is 1. The van der Waals surface area contributed by atoms with Crippen molar-refractivity contribution in [1.29, 1.82) is 0 Å². The standard InChI is InChI=1S/C17H32N4O5S2/c1-9(2)7-11(18)15(23)19-10(3)14(22)20-12(5-6-28-4)16(24)21-13(8-27)17(25)26/h9-13,27H,5-8,18H2,1-4H3,(H,19,23)(H,20,22)(H,21,24)(H,25,26). The number of carbonyl (C=O) groups is 4. The molecule has 4 atom stereocenters. The molecular weight excluding hydrogens is 404 g/mol. The Morgan fingerprint density at radius 1 is 1.00 bits per heavy atom. The highest BCUT2D eigenvalue weighted by molar-refractivity contribution is 7.98. The average molecular weight is 437 g/mol. The number of amides is 3. The minimum absolute atomic E-state index is 0.0789. The van der Waals surface area contributed by atoms with Crippen molar-refractivity contribution in [3.63, 3.8) is 0 Å². The molecule has 6 N–H and O–H groups in total. The van der Waals surface area contributed by atoms with Crippen molar-refractivity contribution >= 4 is 48.1 Å². The van der Waals surface area contributed by atoms with Gasteiger partial charge in [-0.15, -0.1) is 0 Å². The predicted molar refractivity (Wildman–Crippen MR) is 113 cm³/mol. The second-order valence-corrected chi connectivity index (χ2v) is 8.24. The summed E-state index contributed by atoms with van der Waals surface area (Å²) in [5, 5.41) is 16.5. The quantitative estimate of drug-likeness (QED) is 0.215. The van der Waals surface area contributed by atoms with Gasteiger partial charge in [0.2, 0.25) is 17.7 Å². The van der Waals surface area contributed by atoms with Crippen molar-refractivity contribution in [1.82, 2.24) is 16.0 Å². The van der Waals surface area contributed by atoms with Crippen LogP contribution >= 0.6 is 24.4 Å². The van der Waals surface area contributed by atoms with Crippen LogP contribution in [-0.2, 0) is 19.2 Å². The fraction of sp³-hybridized carbons (Fsp3) is 0.765. The predicted octanol–water partition coefficient (Wildman–Crippen LogP) is -0.398. The Balaban J connectivity index is 4.92. The maximum Gasteiger partial charge on any atom is 0.327 e. The highest BCUT2D eigenvalue weighted by Crippen LogP contribution is 2.05. The van der Waals surface area contributed by atoms with Gasteiger partial charge < -0.3 is 26.8 Å². The molecule has 0 bridgehead atoms. The zero-order valence-electron chi connectivity index (χ0n) is 16.7. The summed E-state index contributed by atoms with van der Waals surface area (Å²) < 4.78 is 0. The fourth-order valence-corrected chi connectivity index (χ4v) is 2.98. The van der Waals surface area contributed by atoms with Crippen molar-refractivity contribution in [2.75, 3.05) is 17.8 Å². The van der Waals surface area contributed by atoms with Gasteiger partial charge in [0.05, 0.1) is 6.04 Å². The summed E-state index contributed by atoms with van der Waals surface area (Å²) in [5.41, 5.74) is 5.81. The third-order valence-corrected chi connectivity index (χ3v) is 4.86. The molecule has 0 aromatic heterocycles. The van der Waals surface area contributed by atoms with E-state index >= 15 is 0 Å². The molecule has 28 heavy (non-hydrogen) atoms. The lowest BCUT2D eigenvalue weighted by Crippen LogP contribution is -2.56. The Labute approximate surface area is 175 Å². The number of carboxylic acids is 1. The molecule has 0 heterocycles. The lowest BCUT2D eigenvalue weighted by molar-refractivity contribution is -0.141. The molecule has 0 radical (unpaired) electrons. The molecule has 0 aromatic carbocycles. The topological polar surface area (TPSA) is 151 Å². The molecule has 0 aromatic rings. The number of rotatable bonds is 13. The Morgan fingerprint density at radius 3 is 2.04 bits per heavy atom. The van der Waals surface area contributed by atoms with Gasteiger partial charge in [-0.3, -0.25) is 14.4 Å². The van der Waals surface area contributed by atoms with Gasteiger partial charge in [0.1, 0.15) is 18.1 Å². The van der Waals surface area contributed by atoms with Crippen molar-refractivity contribution < 1.29 is 24.3 Å². The third-order valence-electron chi connectivity index (χ3n) is 3.85. The van der Waals surface area contributed by atoms with Crippen molar-refractivity contribution in [2.45, 2.75) is 57.8 Å². The van der Waals surface area contributed by atoms with Crippen LogP contribution in [0.1, 0.15) is 33.6 Å². The number of hydrogen-bond acceptors (Lipinski definition) is 7. The van der Waals surface area contributed by atoms with Gasteiger partial charge >= 0.3 is 5.97 Å². The van der Waals surface area contributed by atoms with E-state index < -0.39 is 47.9 Å². The van der Waals surface area contributed by atoms with Crippen LogP contribution in [0.3, 0.4) is 0 Å². The van der Waals surface area contributed by atoms with E-state index in [-0.39, 0.29) is 11.7 Å². The normalized spacial score (nSPS) is 15.2. The number of hydrogen-bond donors (Lipinski definition) is 6. The van der Waals surface area contributed by atoms with Gasteiger partial charge in [-0.1, -0.05) is 13.8 Å². The Morgan fingerprint density at radius 2 is 1.57 bits per heavy atom. The maximum atomic E-state index is 12.4. The van der Waals surface area contributed by atoms with E-state index in [4.69, 9.17) is 10.8 Å².